The second-order valence-electron chi connectivity index (χ2n) is 6.21. The van der Waals surface area contributed by atoms with Crippen LogP contribution in [0.4, 0.5) is 13.2 Å². The summed E-state index contributed by atoms with van der Waals surface area (Å²) in [4.78, 5) is 25.2. The fourth-order valence-electron chi connectivity index (χ4n) is 2.80. The Morgan fingerprint density at radius 3 is 2.73 bits per heavy atom. The number of rotatable bonds is 5. The molecule has 0 aromatic heterocycles. The van der Waals surface area contributed by atoms with Gasteiger partial charge in [-0.15, -0.1) is 0 Å². The number of ether oxygens (including phenoxy) is 1. The third-order valence-corrected chi connectivity index (χ3v) is 4.84. The van der Waals surface area contributed by atoms with E-state index in [-0.39, 0.29) is 30.7 Å². The Labute approximate surface area is 152 Å². The summed E-state index contributed by atoms with van der Waals surface area (Å²) in [7, 11) is -1.07. The first kappa shape index (κ1) is 20.4. The first-order chi connectivity index (χ1) is 12.2. The van der Waals surface area contributed by atoms with E-state index in [1.165, 1.54) is 18.4 Å². The van der Waals surface area contributed by atoms with Crippen molar-refractivity contribution in [3.05, 3.63) is 35.4 Å². The van der Waals surface area contributed by atoms with Gasteiger partial charge in [-0.1, -0.05) is 12.1 Å². The molecular weight excluding hydrogens is 371 g/mol. The minimum atomic E-state index is -4.34. The zero-order valence-electron chi connectivity index (χ0n) is 14.3. The maximum absolute atomic E-state index is 12.8. The molecule has 1 fully saturated rings. The summed E-state index contributed by atoms with van der Waals surface area (Å²) in [6.45, 7) is -0.786. The Bertz CT molecular complexity index is 693. The molecule has 1 aliphatic heterocycles. The van der Waals surface area contributed by atoms with E-state index in [4.69, 9.17) is 4.74 Å². The van der Waals surface area contributed by atoms with Crippen molar-refractivity contribution in [1.82, 2.24) is 4.90 Å². The first-order valence-electron chi connectivity index (χ1n) is 8.07. The fraction of sp³-hybridized carbons (Fsp3) is 0.529. The van der Waals surface area contributed by atoms with Crippen molar-refractivity contribution in [3.63, 3.8) is 0 Å². The predicted octanol–water partition coefficient (Wildman–Crippen LogP) is 2.52. The number of hydrogen-bond acceptors (Lipinski definition) is 4. The maximum Gasteiger partial charge on any atom is 0.393 e. The van der Waals surface area contributed by atoms with Gasteiger partial charge in [0.15, 0.2) is 6.61 Å². The summed E-state index contributed by atoms with van der Waals surface area (Å²) in [5.41, 5.74) is 0.892. The summed E-state index contributed by atoms with van der Waals surface area (Å²) >= 11 is 0. The van der Waals surface area contributed by atoms with Gasteiger partial charge >= 0.3 is 12.1 Å². The van der Waals surface area contributed by atoms with Crippen LogP contribution < -0.4 is 0 Å². The summed E-state index contributed by atoms with van der Waals surface area (Å²) in [5, 5.41) is 0. The lowest BCUT2D eigenvalue weighted by Gasteiger charge is -2.33. The van der Waals surface area contributed by atoms with E-state index in [0.29, 0.717) is 5.56 Å². The number of piperidine rings is 1. The second-order valence-corrected chi connectivity index (χ2v) is 7.65. The number of carbonyl (C=O) groups is 2. The molecule has 1 heterocycles. The van der Waals surface area contributed by atoms with E-state index in [1.54, 1.807) is 12.1 Å². The monoisotopic (exact) mass is 391 g/mol. The first-order valence-corrected chi connectivity index (χ1v) is 9.80. The van der Waals surface area contributed by atoms with Gasteiger partial charge in [0.05, 0.1) is 11.5 Å². The Kier molecular flexibility index (Phi) is 6.80. The van der Waals surface area contributed by atoms with Crippen molar-refractivity contribution < 1.29 is 31.7 Å². The van der Waals surface area contributed by atoms with E-state index in [1.807, 2.05) is 0 Å². The lowest BCUT2D eigenvalue weighted by molar-refractivity contribution is -0.188. The summed E-state index contributed by atoms with van der Waals surface area (Å²) in [6.07, 6.45) is -2.54. The Morgan fingerprint density at radius 1 is 1.35 bits per heavy atom. The number of benzene rings is 1. The molecule has 9 heteroatoms. The molecule has 1 aromatic carbocycles. The third-order valence-electron chi connectivity index (χ3n) is 4.10. The quantitative estimate of drug-likeness (QED) is 0.724. The standard InChI is InChI=1S/C17H20F3NO4S/c1-26(24)11-12-4-2-5-13(8-12)16(23)25-10-15(22)21-7-3-6-14(9-21)17(18,19)20/h2,4-5,8,14H,3,6-7,9-11H2,1H3/t14-,26+/m0/s1. The average Bonchev–Trinajstić information content (AvgIpc) is 2.58. The van der Waals surface area contributed by atoms with Crippen molar-refractivity contribution in [2.75, 3.05) is 26.0 Å². The number of alkyl halides is 3. The smallest absolute Gasteiger partial charge is 0.393 e. The molecule has 0 N–H and O–H groups in total. The molecule has 0 spiro atoms. The number of hydrogen-bond donors (Lipinski definition) is 0. The molecule has 1 aromatic rings. The zero-order valence-corrected chi connectivity index (χ0v) is 15.1. The van der Waals surface area contributed by atoms with Gasteiger partial charge < -0.3 is 9.64 Å². The van der Waals surface area contributed by atoms with Crippen LogP contribution in [0, 0.1) is 5.92 Å². The van der Waals surface area contributed by atoms with Gasteiger partial charge in [0, 0.05) is 35.9 Å². The van der Waals surface area contributed by atoms with E-state index < -0.39 is 47.9 Å². The predicted molar refractivity (Wildman–Crippen MR) is 89.9 cm³/mol. The molecule has 0 bridgehead atoms. The van der Waals surface area contributed by atoms with Crippen molar-refractivity contribution in [2.24, 2.45) is 5.92 Å². The van der Waals surface area contributed by atoms with Crippen LogP contribution in [0.1, 0.15) is 28.8 Å². The van der Waals surface area contributed by atoms with E-state index in [0.717, 1.165) is 4.90 Å². The van der Waals surface area contributed by atoms with E-state index in [9.17, 15) is 27.0 Å². The summed E-state index contributed by atoms with van der Waals surface area (Å²) in [6, 6.07) is 6.35. The van der Waals surface area contributed by atoms with Crippen LogP contribution in [0.5, 0.6) is 0 Å². The molecule has 5 nitrogen and oxygen atoms in total. The Balaban J connectivity index is 1.90. The molecule has 0 saturated carbocycles. The minimum absolute atomic E-state index is 0.00133. The van der Waals surface area contributed by atoms with Crippen molar-refractivity contribution in [1.29, 1.82) is 0 Å². The lowest BCUT2D eigenvalue weighted by Crippen LogP contribution is -2.46. The summed E-state index contributed by atoms with van der Waals surface area (Å²) in [5.74, 6) is -2.64. The number of amides is 1. The molecule has 0 aliphatic carbocycles. The molecule has 2 atom stereocenters. The average molecular weight is 391 g/mol. The third kappa shape index (κ3) is 5.82. The van der Waals surface area contributed by atoms with Gasteiger partial charge in [-0.25, -0.2) is 4.79 Å². The normalized spacial score (nSPS) is 19.1. The maximum atomic E-state index is 12.8. The van der Waals surface area contributed by atoms with Crippen LogP contribution >= 0.6 is 0 Å². The van der Waals surface area contributed by atoms with E-state index >= 15 is 0 Å². The number of likely N-dealkylation sites (tertiary alicyclic amines) is 1. The minimum Gasteiger partial charge on any atom is -0.452 e. The van der Waals surface area contributed by atoms with Gasteiger partial charge in [-0.3, -0.25) is 9.00 Å². The molecule has 2 rings (SSSR count). The van der Waals surface area contributed by atoms with Crippen molar-refractivity contribution >= 4 is 22.7 Å². The van der Waals surface area contributed by atoms with Crippen LogP contribution in [-0.2, 0) is 26.1 Å². The number of nitrogens with zero attached hydrogens (tertiary/aromatic N) is 1. The Morgan fingerprint density at radius 2 is 2.08 bits per heavy atom. The van der Waals surface area contributed by atoms with Crippen molar-refractivity contribution in [3.8, 4) is 0 Å². The highest BCUT2D eigenvalue weighted by Crippen LogP contribution is 2.33. The molecule has 1 aliphatic rings. The highest BCUT2D eigenvalue weighted by atomic mass is 32.2. The number of carbonyl (C=O) groups excluding carboxylic acids is 2. The molecular formula is C17H20F3NO4S. The van der Waals surface area contributed by atoms with Crippen LogP contribution in [0.3, 0.4) is 0 Å². The highest BCUT2D eigenvalue weighted by Gasteiger charge is 2.42. The van der Waals surface area contributed by atoms with Gasteiger partial charge in [0.25, 0.3) is 5.91 Å². The van der Waals surface area contributed by atoms with Crippen LogP contribution in [0.25, 0.3) is 0 Å². The van der Waals surface area contributed by atoms with Gasteiger partial charge in [0.2, 0.25) is 0 Å². The van der Waals surface area contributed by atoms with Gasteiger partial charge in [-0.2, -0.15) is 13.2 Å². The Hall–Kier alpha value is -1.90. The van der Waals surface area contributed by atoms with Gasteiger partial charge in [-0.05, 0) is 30.5 Å². The fourth-order valence-corrected chi connectivity index (χ4v) is 3.44. The molecule has 1 saturated heterocycles. The molecule has 144 valence electrons. The topological polar surface area (TPSA) is 63.7 Å². The largest absolute Gasteiger partial charge is 0.452 e. The zero-order chi connectivity index (χ0) is 19.3. The summed E-state index contributed by atoms with van der Waals surface area (Å²) < 4.78 is 54.6. The molecule has 26 heavy (non-hydrogen) atoms. The molecule has 0 radical (unpaired) electrons. The number of halogens is 3. The molecule has 0 unspecified atom stereocenters. The lowest BCUT2D eigenvalue weighted by atomic mass is 9.97. The second kappa shape index (κ2) is 8.66. The van der Waals surface area contributed by atoms with Crippen molar-refractivity contribution in [2.45, 2.75) is 24.8 Å². The highest BCUT2D eigenvalue weighted by molar-refractivity contribution is 7.83. The number of esters is 1. The van der Waals surface area contributed by atoms with E-state index in [2.05, 4.69) is 0 Å². The molecule has 1 amide bonds. The van der Waals surface area contributed by atoms with Crippen LogP contribution in [-0.4, -0.2) is 53.1 Å². The van der Waals surface area contributed by atoms with Crippen LogP contribution in [0.2, 0.25) is 0 Å². The SMILES string of the molecule is C[S@@](=O)Cc1cccc(C(=O)OCC(=O)N2CCC[C@H](C(F)(F)F)C2)c1. The van der Waals surface area contributed by atoms with Crippen LogP contribution in [0.15, 0.2) is 24.3 Å². The van der Waals surface area contributed by atoms with Gasteiger partial charge in [0.1, 0.15) is 0 Å².